The number of aryl methyl sites for hydroxylation is 3. The molecule has 1 N–H and O–H groups in total. The maximum absolute atomic E-state index is 4.74. The summed E-state index contributed by atoms with van der Waals surface area (Å²) in [4.78, 5) is 18.7. The van der Waals surface area contributed by atoms with Crippen molar-refractivity contribution in [2.75, 3.05) is 5.32 Å². The first-order valence-corrected chi connectivity index (χ1v) is 10.1. The predicted octanol–water partition coefficient (Wildman–Crippen LogP) is 5.38. The van der Waals surface area contributed by atoms with Crippen LogP contribution in [0.25, 0.3) is 11.2 Å². The Hall–Kier alpha value is -2.99. The molecule has 5 nitrogen and oxygen atoms in total. The van der Waals surface area contributed by atoms with Gasteiger partial charge in [0.25, 0.3) is 0 Å². The molecule has 0 amide bonds. The molecule has 0 atom stereocenters. The largest absolute Gasteiger partial charge is 0.338 e. The summed E-state index contributed by atoms with van der Waals surface area (Å²) in [6, 6.07) is 18.5. The highest BCUT2D eigenvalue weighted by Crippen LogP contribution is 2.27. The van der Waals surface area contributed by atoms with Crippen LogP contribution in [0.4, 0.5) is 11.5 Å². The van der Waals surface area contributed by atoms with Gasteiger partial charge in [0.2, 0.25) is 0 Å². The van der Waals surface area contributed by atoms with Gasteiger partial charge in [-0.3, -0.25) is 0 Å². The number of nitrogens with zero attached hydrogens (tertiary/aromatic N) is 4. The van der Waals surface area contributed by atoms with Gasteiger partial charge in [-0.2, -0.15) is 0 Å². The van der Waals surface area contributed by atoms with E-state index in [1.807, 2.05) is 44.2 Å². The minimum absolute atomic E-state index is 0.614. The van der Waals surface area contributed by atoms with E-state index in [1.54, 1.807) is 11.8 Å². The molecule has 0 fully saturated rings. The lowest BCUT2D eigenvalue weighted by Crippen LogP contribution is -2.04. The molecule has 0 aliphatic carbocycles. The van der Waals surface area contributed by atoms with Gasteiger partial charge < -0.3 is 5.32 Å². The number of anilines is 2. The number of aromatic nitrogens is 4. The van der Waals surface area contributed by atoms with Gasteiger partial charge in [-0.15, -0.1) is 0 Å². The zero-order valence-electron chi connectivity index (χ0n) is 16.1. The summed E-state index contributed by atoms with van der Waals surface area (Å²) in [6.07, 6.45) is 0. The predicted molar refractivity (Wildman–Crippen MR) is 115 cm³/mol. The summed E-state index contributed by atoms with van der Waals surface area (Å²) < 4.78 is 0. The molecule has 2 aromatic heterocycles. The van der Waals surface area contributed by atoms with Crippen molar-refractivity contribution in [3.8, 4) is 0 Å². The lowest BCUT2D eigenvalue weighted by Gasteiger charge is -2.11. The van der Waals surface area contributed by atoms with E-state index in [9.17, 15) is 0 Å². The standard InChI is InChI=1S/C22H21N5S/c1-14-9-11-18(12-10-14)25-21-19-20(24-16(3)15(2)23-19)26-22(27-21)28-13-17-7-5-4-6-8-17/h4-12H,13H2,1-3H3,(H,24,25,26,27). The highest BCUT2D eigenvalue weighted by atomic mass is 32.2. The van der Waals surface area contributed by atoms with Gasteiger partial charge in [0.15, 0.2) is 22.1 Å². The number of nitrogens with one attached hydrogen (secondary N) is 1. The van der Waals surface area contributed by atoms with E-state index < -0.39 is 0 Å². The number of thioether (sulfide) groups is 1. The molecule has 4 aromatic rings. The van der Waals surface area contributed by atoms with Crippen molar-refractivity contribution >= 4 is 34.4 Å². The Morgan fingerprint density at radius 1 is 0.786 bits per heavy atom. The van der Waals surface area contributed by atoms with Crippen molar-refractivity contribution in [2.24, 2.45) is 0 Å². The second-order valence-corrected chi connectivity index (χ2v) is 7.63. The summed E-state index contributed by atoms with van der Waals surface area (Å²) in [5.41, 5.74) is 6.47. The molecule has 6 heteroatoms. The van der Waals surface area contributed by atoms with Crippen molar-refractivity contribution in [3.63, 3.8) is 0 Å². The van der Waals surface area contributed by atoms with E-state index in [2.05, 4.69) is 51.5 Å². The summed E-state index contributed by atoms with van der Waals surface area (Å²) in [7, 11) is 0. The smallest absolute Gasteiger partial charge is 0.192 e. The number of hydrogen-bond donors (Lipinski definition) is 1. The Labute approximate surface area is 168 Å². The van der Waals surface area contributed by atoms with Gasteiger partial charge in [-0.05, 0) is 38.5 Å². The van der Waals surface area contributed by atoms with Crippen molar-refractivity contribution in [2.45, 2.75) is 31.7 Å². The van der Waals surface area contributed by atoms with Crippen LogP contribution >= 0.6 is 11.8 Å². The van der Waals surface area contributed by atoms with Gasteiger partial charge in [0.05, 0.1) is 11.4 Å². The van der Waals surface area contributed by atoms with Crippen LogP contribution in [0.5, 0.6) is 0 Å². The zero-order valence-corrected chi connectivity index (χ0v) is 16.9. The molecule has 0 aliphatic rings. The number of benzene rings is 2. The molecule has 2 heterocycles. The van der Waals surface area contributed by atoms with E-state index in [1.165, 1.54) is 11.1 Å². The van der Waals surface area contributed by atoms with Crippen molar-refractivity contribution < 1.29 is 0 Å². The topological polar surface area (TPSA) is 63.6 Å². The third-order valence-electron chi connectivity index (χ3n) is 4.45. The number of rotatable bonds is 5. The van der Waals surface area contributed by atoms with Crippen molar-refractivity contribution in [1.82, 2.24) is 19.9 Å². The van der Waals surface area contributed by atoms with Crippen molar-refractivity contribution in [3.05, 3.63) is 77.1 Å². The van der Waals surface area contributed by atoms with Gasteiger partial charge in [-0.25, -0.2) is 19.9 Å². The quantitative estimate of drug-likeness (QED) is 0.366. The van der Waals surface area contributed by atoms with E-state index in [0.717, 1.165) is 22.8 Å². The second kappa shape index (κ2) is 7.94. The lowest BCUT2D eigenvalue weighted by molar-refractivity contribution is 0.965. The van der Waals surface area contributed by atoms with E-state index in [-0.39, 0.29) is 0 Å². The molecule has 2 aromatic carbocycles. The molecule has 0 unspecified atom stereocenters. The summed E-state index contributed by atoms with van der Waals surface area (Å²) in [6.45, 7) is 5.98. The van der Waals surface area contributed by atoms with Gasteiger partial charge in [0.1, 0.15) is 0 Å². The first kappa shape index (κ1) is 18.4. The van der Waals surface area contributed by atoms with Crippen LogP contribution in [0.2, 0.25) is 0 Å². The monoisotopic (exact) mass is 387 g/mol. The number of hydrogen-bond acceptors (Lipinski definition) is 6. The molecule has 4 rings (SSSR count). The molecule has 0 aliphatic heterocycles. The van der Waals surface area contributed by atoms with Gasteiger partial charge in [0, 0.05) is 11.4 Å². The third-order valence-corrected chi connectivity index (χ3v) is 5.37. The highest BCUT2D eigenvalue weighted by molar-refractivity contribution is 7.98. The van der Waals surface area contributed by atoms with Crippen molar-refractivity contribution in [1.29, 1.82) is 0 Å². The van der Waals surface area contributed by atoms with Crippen LogP contribution in [-0.4, -0.2) is 19.9 Å². The van der Waals surface area contributed by atoms with Gasteiger partial charge in [-0.1, -0.05) is 59.8 Å². The van der Waals surface area contributed by atoms with Crippen LogP contribution < -0.4 is 5.32 Å². The fourth-order valence-corrected chi connectivity index (χ4v) is 3.53. The van der Waals surface area contributed by atoms with Crippen LogP contribution in [-0.2, 0) is 5.75 Å². The fourth-order valence-electron chi connectivity index (χ4n) is 2.74. The Balaban J connectivity index is 1.72. The SMILES string of the molecule is Cc1ccc(Nc2nc(SCc3ccccc3)nc3nc(C)c(C)nc23)cc1. The van der Waals surface area contributed by atoms with Crippen LogP contribution in [0.3, 0.4) is 0 Å². The maximum atomic E-state index is 4.74. The zero-order chi connectivity index (χ0) is 19.5. The highest BCUT2D eigenvalue weighted by Gasteiger charge is 2.13. The van der Waals surface area contributed by atoms with E-state index in [4.69, 9.17) is 4.98 Å². The molecule has 0 radical (unpaired) electrons. The fraction of sp³-hybridized carbons (Fsp3) is 0.182. The minimum Gasteiger partial charge on any atom is -0.338 e. The molecule has 0 bridgehead atoms. The first-order chi connectivity index (χ1) is 13.6. The van der Waals surface area contributed by atoms with Gasteiger partial charge >= 0.3 is 0 Å². The average molecular weight is 388 g/mol. The van der Waals surface area contributed by atoms with Crippen LogP contribution in [0.1, 0.15) is 22.5 Å². The molecule has 0 spiro atoms. The third kappa shape index (κ3) is 4.12. The lowest BCUT2D eigenvalue weighted by atomic mass is 10.2. The summed E-state index contributed by atoms with van der Waals surface area (Å²) in [5.74, 6) is 1.48. The summed E-state index contributed by atoms with van der Waals surface area (Å²) >= 11 is 1.60. The Morgan fingerprint density at radius 3 is 2.25 bits per heavy atom. The average Bonchev–Trinajstić information content (AvgIpc) is 2.70. The second-order valence-electron chi connectivity index (χ2n) is 6.69. The van der Waals surface area contributed by atoms with E-state index in [0.29, 0.717) is 22.1 Å². The molecule has 0 saturated heterocycles. The Morgan fingerprint density at radius 2 is 1.50 bits per heavy atom. The summed E-state index contributed by atoms with van der Waals surface area (Å²) in [5, 5.41) is 4.08. The first-order valence-electron chi connectivity index (χ1n) is 9.12. The normalized spacial score (nSPS) is 11.0. The van der Waals surface area contributed by atoms with Crippen LogP contribution in [0, 0.1) is 20.8 Å². The molecular formula is C22H21N5S. The molecule has 28 heavy (non-hydrogen) atoms. The maximum Gasteiger partial charge on any atom is 0.192 e. The molecule has 140 valence electrons. The molecule has 0 saturated carbocycles. The Bertz CT molecular complexity index is 1110. The minimum atomic E-state index is 0.614. The molecular weight excluding hydrogens is 366 g/mol. The van der Waals surface area contributed by atoms with Crippen LogP contribution in [0.15, 0.2) is 59.8 Å². The number of fused-ring (bicyclic) bond motifs is 1. The Kier molecular flexibility index (Phi) is 5.21. The van der Waals surface area contributed by atoms with E-state index >= 15 is 0 Å².